The minimum Gasteiger partial charge on any atom is -0.497 e. The molecule has 1 aromatic rings. The summed E-state index contributed by atoms with van der Waals surface area (Å²) in [6.45, 7) is 3.02. The lowest BCUT2D eigenvalue weighted by Gasteiger charge is -2.06. The van der Waals surface area contributed by atoms with Crippen LogP contribution in [0.5, 0.6) is 5.75 Å². The molecule has 3 heteroatoms. The van der Waals surface area contributed by atoms with Crippen LogP contribution in [0.1, 0.15) is 81.5 Å². The first-order chi connectivity index (χ1) is 11.3. The van der Waals surface area contributed by atoms with Gasteiger partial charge in [-0.05, 0) is 30.7 Å². The summed E-state index contributed by atoms with van der Waals surface area (Å²) in [4.78, 5) is 12.0. The first-order valence-electron chi connectivity index (χ1n) is 9.20. The molecule has 0 radical (unpaired) electrons. The summed E-state index contributed by atoms with van der Waals surface area (Å²) in [5.41, 5.74) is 0.692. The Bertz CT molecular complexity index is 414. The molecule has 0 aliphatic carbocycles. The molecule has 1 aromatic carbocycles. The van der Waals surface area contributed by atoms with Crippen LogP contribution in [-0.2, 0) is 0 Å². The van der Waals surface area contributed by atoms with Crippen LogP contribution in [0.3, 0.4) is 0 Å². The van der Waals surface area contributed by atoms with E-state index in [0.29, 0.717) is 5.56 Å². The van der Waals surface area contributed by atoms with Crippen LogP contribution >= 0.6 is 0 Å². The van der Waals surface area contributed by atoms with E-state index in [4.69, 9.17) is 4.74 Å². The van der Waals surface area contributed by atoms with Crippen LogP contribution in [0, 0.1) is 0 Å². The molecule has 0 atom stereocenters. The first kappa shape index (κ1) is 19.5. The molecule has 0 heterocycles. The van der Waals surface area contributed by atoms with Gasteiger partial charge in [0, 0.05) is 12.1 Å². The van der Waals surface area contributed by atoms with Gasteiger partial charge in [0.25, 0.3) is 5.91 Å². The SMILES string of the molecule is CCCCCCCCCCCCNC(=O)c1ccc(OC)cc1. The van der Waals surface area contributed by atoms with Crippen molar-refractivity contribution >= 4 is 5.91 Å². The minimum atomic E-state index is 0.00331. The van der Waals surface area contributed by atoms with Crippen LogP contribution < -0.4 is 10.1 Å². The van der Waals surface area contributed by atoms with Gasteiger partial charge < -0.3 is 10.1 Å². The van der Waals surface area contributed by atoms with E-state index in [-0.39, 0.29) is 5.91 Å². The van der Waals surface area contributed by atoms with Crippen molar-refractivity contribution in [2.45, 2.75) is 71.1 Å². The van der Waals surface area contributed by atoms with Crippen molar-refractivity contribution in [1.29, 1.82) is 0 Å². The van der Waals surface area contributed by atoms with Gasteiger partial charge in [-0.1, -0.05) is 64.7 Å². The number of methoxy groups -OCH3 is 1. The molecule has 3 nitrogen and oxygen atoms in total. The summed E-state index contributed by atoms with van der Waals surface area (Å²) in [7, 11) is 1.63. The average molecular weight is 319 g/mol. The molecule has 1 rings (SSSR count). The molecular weight excluding hydrogens is 286 g/mol. The summed E-state index contributed by atoms with van der Waals surface area (Å²) in [5, 5.41) is 2.98. The Morgan fingerprint density at radius 1 is 0.870 bits per heavy atom. The fourth-order valence-electron chi connectivity index (χ4n) is 2.66. The van der Waals surface area contributed by atoms with Crippen LogP contribution in [-0.4, -0.2) is 19.6 Å². The summed E-state index contributed by atoms with van der Waals surface area (Å²) in [6, 6.07) is 7.23. The van der Waals surface area contributed by atoms with Crippen molar-refractivity contribution in [2.75, 3.05) is 13.7 Å². The van der Waals surface area contributed by atoms with E-state index in [9.17, 15) is 4.79 Å². The third-order valence-corrected chi connectivity index (χ3v) is 4.17. The normalized spacial score (nSPS) is 10.5. The molecule has 0 aliphatic rings. The molecule has 1 amide bonds. The zero-order chi connectivity index (χ0) is 16.8. The van der Waals surface area contributed by atoms with E-state index in [1.54, 1.807) is 19.2 Å². The number of nitrogens with one attached hydrogen (secondary N) is 1. The maximum atomic E-state index is 12.0. The summed E-state index contributed by atoms with van der Waals surface area (Å²) < 4.78 is 5.09. The van der Waals surface area contributed by atoms with Gasteiger partial charge in [0.05, 0.1) is 7.11 Å². The second kappa shape index (κ2) is 13.0. The lowest BCUT2D eigenvalue weighted by molar-refractivity contribution is 0.0953. The summed E-state index contributed by atoms with van der Waals surface area (Å²) in [5.74, 6) is 0.778. The van der Waals surface area contributed by atoms with Crippen LogP contribution in [0.25, 0.3) is 0 Å². The Labute approximate surface area is 141 Å². The molecular formula is C20H33NO2. The average Bonchev–Trinajstić information content (AvgIpc) is 2.59. The second-order valence-corrected chi connectivity index (χ2v) is 6.17. The lowest BCUT2D eigenvalue weighted by Crippen LogP contribution is -2.24. The Kier molecular flexibility index (Phi) is 11.0. The Balaban J connectivity index is 1.97. The molecule has 1 N–H and O–H groups in total. The van der Waals surface area contributed by atoms with Gasteiger partial charge >= 0.3 is 0 Å². The van der Waals surface area contributed by atoms with Crippen LogP contribution in [0.2, 0.25) is 0 Å². The zero-order valence-corrected chi connectivity index (χ0v) is 14.9. The van der Waals surface area contributed by atoms with Gasteiger partial charge in [-0.25, -0.2) is 0 Å². The predicted molar refractivity (Wildman–Crippen MR) is 97.2 cm³/mol. The predicted octanol–water partition coefficient (Wildman–Crippen LogP) is 5.35. The standard InChI is InChI=1S/C20H33NO2/c1-3-4-5-6-7-8-9-10-11-12-17-21-20(22)18-13-15-19(23-2)16-14-18/h13-16H,3-12,17H2,1-2H3,(H,21,22). The molecule has 0 unspecified atom stereocenters. The number of carbonyl (C=O) groups is 1. The van der Waals surface area contributed by atoms with Crippen molar-refractivity contribution in [3.63, 3.8) is 0 Å². The highest BCUT2D eigenvalue weighted by atomic mass is 16.5. The van der Waals surface area contributed by atoms with Crippen molar-refractivity contribution in [3.8, 4) is 5.75 Å². The number of hydrogen-bond donors (Lipinski definition) is 1. The highest BCUT2D eigenvalue weighted by Gasteiger charge is 2.04. The number of carbonyl (C=O) groups excluding carboxylic acids is 1. The van der Waals surface area contributed by atoms with Gasteiger partial charge in [0.1, 0.15) is 5.75 Å². The molecule has 0 saturated heterocycles. The molecule has 23 heavy (non-hydrogen) atoms. The number of ether oxygens (including phenoxy) is 1. The minimum absolute atomic E-state index is 0.00331. The maximum absolute atomic E-state index is 12.0. The highest BCUT2D eigenvalue weighted by molar-refractivity contribution is 5.94. The van der Waals surface area contributed by atoms with Gasteiger partial charge in [-0.15, -0.1) is 0 Å². The van der Waals surface area contributed by atoms with Gasteiger partial charge in [0.2, 0.25) is 0 Å². The number of rotatable bonds is 13. The fraction of sp³-hybridized carbons (Fsp3) is 0.650. The quantitative estimate of drug-likeness (QED) is 0.498. The van der Waals surface area contributed by atoms with E-state index in [2.05, 4.69) is 12.2 Å². The topological polar surface area (TPSA) is 38.3 Å². The third kappa shape index (κ3) is 9.27. The number of hydrogen-bond acceptors (Lipinski definition) is 2. The second-order valence-electron chi connectivity index (χ2n) is 6.17. The van der Waals surface area contributed by atoms with E-state index in [1.165, 1.54) is 57.8 Å². The van der Waals surface area contributed by atoms with Gasteiger partial charge in [0.15, 0.2) is 0 Å². The van der Waals surface area contributed by atoms with Crippen LogP contribution in [0.15, 0.2) is 24.3 Å². The number of unbranched alkanes of at least 4 members (excludes halogenated alkanes) is 9. The van der Waals surface area contributed by atoms with Crippen molar-refractivity contribution in [1.82, 2.24) is 5.32 Å². The largest absolute Gasteiger partial charge is 0.497 e. The Morgan fingerprint density at radius 3 is 1.91 bits per heavy atom. The maximum Gasteiger partial charge on any atom is 0.251 e. The molecule has 130 valence electrons. The van der Waals surface area contributed by atoms with Crippen molar-refractivity contribution in [2.24, 2.45) is 0 Å². The van der Waals surface area contributed by atoms with E-state index < -0.39 is 0 Å². The zero-order valence-electron chi connectivity index (χ0n) is 14.9. The summed E-state index contributed by atoms with van der Waals surface area (Å²) in [6.07, 6.45) is 13.1. The van der Waals surface area contributed by atoms with Gasteiger partial charge in [-0.3, -0.25) is 4.79 Å². The summed E-state index contributed by atoms with van der Waals surface area (Å²) >= 11 is 0. The molecule has 0 bridgehead atoms. The third-order valence-electron chi connectivity index (χ3n) is 4.17. The molecule has 0 saturated carbocycles. The number of benzene rings is 1. The molecule has 0 aliphatic heterocycles. The lowest BCUT2D eigenvalue weighted by atomic mass is 10.1. The molecule has 0 fully saturated rings. The van der Waals surface area contributed by atoms with Crippen LogP contribution in [0.4, 0.5) is 0 Å². The fourth-order valence-corrected chi connectivity index (χ4v) is 2.66. The monoisotopic (exact) mass is 319 g/mol. The van der Waals surface area contributed by atoms with E-state index in [1.807, 2.05) is 12.1 Å². The van der Waals surface area contributed by atoms with Gasteiger partial charge in [-0.2, -0.15) is 0 Å². The Morgan fingerprint density at radius 2 is 1.39 bits per heavy atom. The van der Waals surface area contributed by atoms with E-state index in [0.717, 1.165) is 18.7 Å². The number of amides is 1. The molecule has 0 aromatic heterocycles. The first-order valence-corrected chi connectivity index (χ1v) is 9.20. The smallest absolute Gasteiger partial charge is 0.251 e. The van der Waals surface area contributed by atoms with Crippen molar-refractivity contribution < 1.29 is 9.53 Å². The highest BCUT2D eigenvalue weighted by Crippen LogP contribution is 2.12. The Hall–Kier alpha value is -1.51. The van der Waals surface area contributed by atoms with E-state index >= 15 is 0 Å². The molecule has 0 spiro atoms. The van der Waals surface area contributed by atoms with Crippen molar-refractivity contribution in [3.05, 3.63) is 29.8 Å².